The van der Waals surface area contributed by atoms with E-state index >= 15 is 0 Å². The highest BCUT2D eigenvalue weighted by Gasteiger charge is 2.37. The third kappa shape index (κ3) is 3.00. The molecule has 0 bridgehead atoms. The van der Waals surface area contributed by atoms with Crippen molar-refractivity contribution >= 4 is 0 Å². The number of halogens is 2. The molecule has 0 amide bonds. The van der Waals surface area contributed by atoms with Gasteiger partial charge in [-0.25, -0.2) is 18.7 Å². The molecule has 1 atom stereocenters. The fourth-order valence-electron chi connectivity index (χ4n) is 2.33. The second-order valence-corrected chi connectivity index (χ2v) is 4.75. The summed E-state index contributed by atoms with van der Waals surface area (Å²) in [5.41, 5.74) is 6.53. The van der Waals surface area contributed by atoms with Gasteiger partial charge in [0.2, 0.25) is 0 Å². The number of nitrogens with zero attached hydrogens (tertiary/aromatic N) is 3. The molecule has 1 aromatic rings. The fourth-order valence-corrected chi connectivity index (χ4v) is 2.33. The summed E-state index contributed by atoms with van der Waals surface area (Å²) in [6.07, 6.45) is 3.81. The van der Waals surface area contributed by atoms with E-state index in [2.05, 4.69) is 9.97 Å². The first-order valence-electron chi connectivity index (χ1n) is 6.12. The SMILES string of the molecule is Cc1ncc(C(CN)N2CCCC(F)(F)C2)cn1. The minimum Gasteiger partial charge on any atom is -0.329 e. The van der Waals surface area contributed by atoms with E-state index in [-0.39, 0.29) is 19.0 Å². The number of likely N-dealkylation sites (tertiary alicyclic amines) is 1. The van der Waals surface area contributed by atoms with Crippen molar-refractivity contribution in [2.75, 3.05) is 19.6 Å². The van der Waals surface area contributed by atoms with Crippen LogP contribution in [0.3, 0.4) is 0 Å². The Morgan fingerprint density at radius 3 is 2.67 bits per heavy atom. The summed E-state index contributed by atoms with van der Waals surface area (Å²) in [7, 11) is 0. The number of piperidine rings is 1. The van der Waals surface area contributed by atoms with Crippen molar-refractivity contribution in [1.29, 1.82) is 0 Å². The van der Waals surface area contributed by atoms with Gasteiger partial charge in [-0.1, -0.05) is 0 Å². The molecule has 1 saturated heterocycles. The normalized spacial score (nSPS) is 21.8. The van der Waals surface area contributed by atoms with E-state index in [0.717, 1.165) is 5.56 Å². The van der Waals surface area contributed by atoms with E-state index in [0.29, 0.717) is 25.3 Å². The van der Waals surface area contributed by atoms with Crippen LogP contribution < -0.4 is 5.73 Å². The average Bonchev–Trinajstić information content (AvgIpc) is 2.31. The summed E-state index contributed by atoms with van der Waals surface area (Å²) in [5.74, 6) is -1.95. The van der Waals surface area contributed by atoms with Gasteiger partial charge in [-0.05, 0) is 19.9 Å². The Hall–Kier alpha value is -1.14. The minimum absolute atomic E-state index is 0.0365. The van der Waals surface area contributed by atoms with Crippen molar-refractivity contribution < 1.29 is 8.78 Å². The molecule has 18 heavy (non-hydrogen) atoms. The third-order valence-electron chi connectivity index (χ3n) is 3.27. The predicted molar refractivity (Wildman–Crippen MR) is 64.3 cm³/mol. The highest BCUT2D eigenvalue weighted by atomic mass is 19.3. The summed E-state index contributed by atoms with van der Waals surface area (Å²) in [4.78, 5) is 9.93. The van der Waals surface area contributed by atoms with Crippen LogP contribution in [0.4, 0.5) is 8.78 Å². The molecule has 0 spiro atoms. The van der Waals surface area contributed by atoms with Crippen molar-refractivity contribution in [1.82, 2.24) is 14.9 Å². The Morgan fingerprint density at radius 1 is 1.44 bits per heavy atom. The van der Waals surface area contributed by atoms with Crippen LogP contribution in [0.25, 0.3) is 0 Å². The Balaban J connectivity index is 2.15. The highest BCUT2D eigenvalue weighted by molar-refractivity contribution is 5.12. The van der Waals surface area contributed by atoms with Crippen LogP contribution in [-0.2, 0) is 0 Å². The number of aromatic nitrogens is 2. The molecule has 0 radical (unpaired) electrons. The van der Waals surface area contributed by atoms with Crippen LogP contribution in [0.15, 0.2) is 12.4 Å². The number of nitrogens with two attached hydrogens (primary N) is 1. The van der Waals surface area contributed by atoms with Crippen LogP contribution in [0.2, 0.25) is 0 Å². The Bertz CT molecular complexity index is 394. The van der Waals surface area contributed by atoms with Crippen molar-refractivity contribution in [3.8, 4) is 0 Å². The van der Waals surface area contributed by atoms with E-state index in [1.807, 2.05) is 0 Å². The van der Waals surface area contributed by atoms with Gasteiger partial charge < -0.3 is 5.73 Å². The summed E-state index contributed by atoms with van der Waals surface area (Å²) in [6.45, 7) is 2.49. The lowest BCUT2D eigenvalue weighted by atomic mass is 10.0. The first-order valence-corrected chi connectivity index (χ1v) is 6.12. The smallest absolute Gasteiger partial charge is 0.260 e. The molecule has 1 aliphatic heterocycles. The molecule has 0 aromatic carbocycles. The molecule has 100 valence electrons. The number of rotatable bonds is 3. The van der Waals surface area contributed by atoms with Gasteiger partial charge in [0.15, 0.2) is 0 Å². The standard InChI is InChI=1S/C12H18F2N4/c1-9-16-6-10(7-17-9)11(5-15)18-4-2-3-12(13,14)8-18/h6-7,11H,2-5,8,15H2,1H3. The van der Waals surface area contributed by atoms with Crippen molar-refractivity contribution in [3.63, 3.8) is 0 Å². The van der Waals surface area contributed by atoms with Gasteiger partial charge in [0.25, 0.3) is 5.92 Å². The summed E-state index contributed by atoms with van der Waals surface area (Å²) in [5, 5.41) is 0. The molecule has 2 N–H and O–H groups in total. The van der Waals surface area contributed by atoms with Gasteiger partial charge in [0.1, 0.15) is 5.82 Å². The summed E-state index contributed by atoms with van der Waals surface area (Å²) < 4.78 is 26.8. The van der Waals surface area contributed by atoms with Crippen molar-refractivity contribution in [2.24, 2.45) is 5.73 Å². The molecule has 1 aromatic heterocycles. The van der Waals surface area contributed by atoms with Gasteiger partial charge in [-0.2, -0.15) is 0 Å². The van der Waals surface area contributed by atoms with Crippen LogP contribution in [0, 0.1) is 6.92 Å². The number of hydrogen-bond acceptors (Lipinski definition) is 4. The van der Waals surface area contributed by atoms with Crippen LogP contribution in [0.5, 0.6) is 0 Å². The lowest BCUT2D eigenvalue weighted by molar-refractivity contribution is -0.0746. The molecule has 1 aliphatic rings. The van der Waals surface area contributed by atoms with E-state index < -0.39 is 5.92 Å². The van der Waals surface area contributed by atoms with Crippen molar-refractivity contribution in [3.05, 3.63) is 23.8 Å². The summed E-state index contributed by atoms with van der Waals surface area (Å²) in [6, 6.07) is -0.225. The number of hydrogen-bond donors (Lipinski definition) is 1. The fraction of sp³-hybridized carbons (Fsp3) is 0.667. The van der Waals surface area contributed by atoms with Crippen LogP contribution >= 0.6 is 0 Å². The molecule has 1 unspecified atom stereocenters. The van der Waals surface area contributed by atoms with Gasteiger partial charge in [-0.15, -0.1) is 0 Å². The van der Waals surface area contributed by atoms with Gasteiger partial charge in [0.05, 0.1) is 12.6 Å². The van der Waals surface area contributed by atoms with Gasteiger partial charge in [-0.3, -0.25) is 4.90 Å². The molecule has 0 aliphatic carbocycles. The molecule has 0 saturated carbocycles. The molecule has 1 fully saturated rings. The van der Waals surface area contributed by atoms with Gasteiger partial charge >= 0.3 is 0 Å². The predicted octanol–water partition coefficient (Wildman–Crippen LogP) is 1.52. The second-order valence-electron chi connectivity index (χ2n) is 4.75. The van der Waals surface area contributed by atoms with Gasteiger partial charge in [0, 0.05) is 30.9 Å². The number of aryl methyl sites for hydroxylation is 1. The molecular weight excluding hydrogens is 238 g/mol. The van der Waals surface area contributed by atoms with Crippen LogP contribution in [0.1, 0.15) is 30.3 Å². The zero-order chi connectivity index (χ0) is 13.2. The Labute approximate surface area is 105 Å². The largest absolute Gasteiger partial charge is 0.329 e. The van der Waals surface area contributed by atoms with E-state index in [1.54, 1.807) is 24.2 Å². The lowest BCUT2D eigenvalue weighted by Crippen LogP contribution is -2.46. The third-order valence-corrected chi connectivity index (χ3v) is 3.27. The second kappa shape index (κ2) is 5.24. The topological polar surface area (TPSA) is 55.0 Å². The molecule has 2 heterocycles. The molecule has 2 rings (SSSR count). The molecular formula is C12H18F2N4. The Kier molecular flexibility index (Phi) is 3.87. The zero-order valence-electron chi connectivity index (χ0n) is 10.4. The van der Waals surface area contributed by atoms with Crippen LogP contribution in [-0.4, -0.2) is 40.4 Å². The quantitative estimate of drug-likeness (QED) is 0.890. The maximum atomic E-state index is 13.4. The highest BCUT2D eigenvalue weighted by Crippen LogP contribution is 2.31. The lowest BCUT2D eigenvalue weighted by Gasteiger charge is -2.37. The first-order chi connectivity index (χ1) is 8.52. The average molecular weight is 256 g/mol. The first kappa shape index (κ1) is 13.3. The zero-order valence-corrected chi connectivity index (χ0v) is 10.4. The minimum atomic E-state index is -2.61. The van der Waals surface area contributed by atoms with E-state index in [9.17, 15) is 8.78 Å². The number of alkyl halides is 2. The summed E-state index contributed by atoms with van der Waals surface area (Å²) >= 11 is 0. The maximum Gasteiger partial charge on any atom is 0.260 e. The molecule has 6 heteroatoms. The van der Waals surface area contributed by atoms with E-state index in [1.165, 1.54) is 0 Å². The maximum absolute atomic E-state index is 13.4. The van der Waals surface area contributed by atoms with E-state index in [4.69, 9.17) is 5.73 Å². The Morgan fingerprint density at radius 2 is 2.11 bits per heavy atom. The monoisotopic (exact) mass is 256 g/mol. The van der Waals surface area contributed by atoms with Crippen molar-refractivity contribution in [2.45, 2.75) is 31.7 Å². The molecule has 4 nitrogen and oxygen atoms in total.